The molecule has 0 unspecified atom stereocenters. The Morgan fingerprint density at radius 3 is 2.44 bits per heavy atom. The first-order chi connectivity index (χ1) is 16.9. The molecule has 4 rings (SSSR count). The number of benzene rings is 2. The Morgan fingerprint density at radius 1 is 1.03 bits per heavy atom. The number of hydrogen-bond acceptors (Lipinski definition) is 4. The molecule has 1 spiro atoms. The molecule has 0 saturated carbocycles. The second kappa shape index (κ2) is 9.75. The summed E-state index contributed by atoms with van der Waals surface area (Å²) < 4.78 is 64.4. The largest absolute Gasteiger partial charge is 0.405 e. The van der Waals surface area contributed by atoms with E-state index in [1.807, 2.05) is 0 Å². The first-order valence-electron chi connectivity index (χ1n) is 11.2. The molecule has 7 nitrogen and oxygen atoms in total. The molecule has 192 valence electrons. The Balaban J connectivity index is 1.32. The van der Waals surface area contributed by atoms with Gasteiger partial charge in [0.15, 0.2) is 5.78 Å². The molecule has 2 aromatic carbocycles. The zero-order chi connectivity index (χ0) is 26.1. The van der Waals surface area contributed by atoms with Crippen molar-refractivity contribution in [3.63, 3.8) is 0 Å². The van der Waals surface area contributed by atoms with Crippen LogP contribution in [0.3, 0.4) is 0 Å². The molecule has 1 fully saturated rings. The molecule has 36 heavy (non-hydrogen) atoms. The number of piperidine rings is 1. The van der Waals surface area contributed by atoms with Crippen molar-refractivity contribution in [3.05, 3.63) is 64.7 Å². The molecular weight excluding hydrogens is 487 g/mol. The van der Waals surface area contributed by atoms with Gasteiger partial charge in [-0.2, -0.15) is 13.2 Å². The smallest absolute Gasteiger partial charge is 0.378 e. The third-order valence-electron chi connectivity index (χ3n) is 6.36. The van der Waals surface area contributed by atoms with Gasteiger partial charge >= 0.3 is 12.2 Å². The van der Waals surface area contributed by atoms with Gasteiger partial charge in [-0.15, -0.1) is 0 Å². The Kier molecular flexibility index (Phi) is 6.87. The lowest BCUT2D eigenvalue weighted by atomic mass is 9.78. The van der Waals surface area contributed by atoms with Crippen LogP contribution in [-0.2, 0) is 6.54 Å². The monoisotopic (exact) mass is 510 g/mol. The van der Waals surface area contributed by atoms with Crippen LogP contribution in [0.5, 0.6) is 0 Å². The minimum Gasteiger partial charge on any atom is -0.378 e. The number of Topliss-reactive ketones (excluding diaryl/α,β-unsaturated/α-hetero) is 1. The average molecular weight is 510 g/mol. The molecule has 2 aliphatic heterocycles. The van der Waals surface area contributed by atoms with Crippen molar-refractivity contribution in [1.82, 2.24) is 15.5 Å². The second-order valence-corrected chi connectivity index (χ2v) is 8.95. The van der Waals surface area contributed by atoms with Gasteiger partial charge in [0.25, 0.3) is 5.91 Å². The molecule has 0 atom stereocenters. The van der Waals surface area contributed by atoms with E-state index in [1.54, 1.807) is 10.2 Å². The number of anilines is 1. The van der Waals surface area contributed by atoms with Gasteiger partial charge in [-0.1, -0.05) is 6.07 Å². The predicted molar refractivity (Wildman–Crippen MR) is 120 cm³/mol. The number of carbonyl (C=O) groups excluding carboxylic acids is 3. The number of rotatable bonds is 4. The number of alkyl halides is 3. The lowest BCUT2D eigenvalue weighted by Crippen LogP contribution is -2.55. The van der Waals surface area contributed by atoms with Crippen LogP contribution in [0.1, 0.15) is 45.5 Å². The van der Waals surface area contributed by atoms with Crippen molar-refractivity contribution in [2.75, 3.05) is 25.0 Å². The van der Waals surface area contributed by atoms with Crippen LogP contribution in [0.2, 0.25) is 0 Å². The molecule has 0 bridgehead atoms. The van der Waals surface area contributed by atoms with Crippen molar-refractivity contribution in [1.29, 1.82) is 0 Å². The number of likely N-dealkylation sites (tertiary alicyclic amines) is 1. The normalized spacial score (nSPS) is 16.8. The van der Waals surface area contributed by atoms with E-state index >= 15 is 0 Å². The van der Waals surface area contributed by atoms with Gasteiger partial charge in [-0.25, -0.2) is 13.6 Å². The van der Waals surface area contributed by atoms with E-state index in [1.165, 1.54) is 24.3 Å². The fourth-order valence-corrected chi connectivity index (χ4v) is 4.45. The highest BCUT2D eigenvalue weighted by molar-refractivity contribution is 6.04. The minimum absolute atomic E-state index is 0.0734. The molecule has 3 amide bonds. The maximum Gasteiger partial charge on any atom is 0.405 e. The molecule has 12 heteroatoms. The predicted octanol–water partition coefficient (Wildman–Crippen LogP) is 4.00. The van der Waals surface area contributed by atoms with Crippen molar-refractivity contribution in [2.45, 2.75) is 37.5 Å². The number of amides is 3. The van der Waals surface area contributed by atoms with E-state index in [2.05, 4.69) is 10.6 Å². The third-order valence-corrected chi connectivity index (χ3v) is 6.36. The van der Waals surface area contributed by atoms with Crippen LogP contribution in [0.25, 0.3) is 0 Å². The highest BCUT2D eigenvalue weighted by Gasteiger charge is 2.41. The van der Waals surface area contributed by atoms with Crippen molar-refractivity contribution >= 4 is 23.4 Å². The topological polar surface area (TPSA) is 90.5 Å². The fourth-order valence-electron chi connectivity index (χ4n) is 4.45. The molecular formula is C24H23F5N4O3. The second-order valence-electron chi connectivity index (χ2n) is 8.95. The Morgan fingerprint density at radius 2 is 1.75 bits per heavy atom. The Bertz CT molecular complexity index is 1190. The van der Waals surface area contributed by atoms with E-state index in [0.717, 1.165) is 12.1 Å². The van der Waals surface area contributed by atoms with E-state index in [-0.39, 0.29) is 18.7 Å². The summed E-state index contributed by atoms with van der Waals surface area (Å²) in [5, 5.41) is 7.61. The quantitative estimate of drug-likeness (QED) is 0.543. The van der Waals surface area contributed by atoms with Gasteiger partial charge in [-0.3, -0.25) is 9.59 Å². The lowest BCUT2D eigenvalue weighted by Gasteiger charge is -2.45. The number of nitrogens with zero attached hydrogens (tertiary/aromatic N) is 1. The van der Waals surface area contributed by atoms with Gasteiger partial charge in [0, 0.05) is 42.8 Å². The number of ketones is 1. The molecule has 0 aromatic heterocycles. The highest BCUT2D eigenvalue weighted by Crippen LogP contribution is 2.37. The zero-order valence-electron chi connectivity index (χ0n) is 19.0. The summed E-state index contributed by atoms with van der Waals surface area (Å²) in [4.78, 5) is 38.7. The first kappa shape index (κ1) is 25.4. The van der Waals surface area contributed by atoms with Crippen LogP contribution in [-0.4, -0.2) is 54.0 Å². The number of halogens is 5. The molecule has 1 saturated heterocycles. The highest BCUT2D eigenvalue weighted by atomic mass is 19.4. The van der Waals surface area contributed by atoms with Crippen LogP contribution >= 0.6 is 0 Å². The van der Waals surface area contributed by atoms with Crippen LogP contribution in [0, 0.1) is 11.6 Å². The first-order valence-corrected chi connectivity index (χ1v) is 11.2. The standard InChI is InChI=1S/C24H23F5N4O3/c25-15-2-4-19-17(10-15)20(34)11-23(32-19)5-7-33(8-6-23)22(36)30-12-14-1-3-18(26)16(9-14)21(35)31-13-24(27,28)29/h1-4,9-10,32H,5-8,11-13H2,(H,30,36)(H,31,35). The van der Waals surface area contributed by atoms with Gasteiger partial charge in [0.2, 0.25) is 0 Å². The van der Waals surface area contributed by atoms with Crippen LogP contribution in [0.4, 0.5) is 32.4 Å². The number of urea groups is 1. The zero-order valence-corrected chi connectivity index (χ0v) is 19.0. The summed E-state index contributed by atoms with van der Waals surface area (Å²) in [6, 6.07) is 6.96. The summed E-state index contributed by atoms with van der Waals surface area (Å²) >= 11 is 0. The maximum atomic E-state index is 14.0. The number of nitrogens with one attached hydrogen (secondary N) is 3. The summed E-state index contributed by atoms with van der Waals surface area (Å²) in [5.74, 6) is -2.84. The lowest BCUT2D eigenvalue weighted by molar-refractivity contribution is -0.123. The van der Waals surface area contributed by atoms with E-state index in [9.17, 15) is 36.3 Å². The molecule has 2 aliphatic rings. The molecule has 2 heterocycles. The van der Waals surface area contributed by atoms with Crippen molar-refractivity contribution in [3.8, 4) is 0 Å². The van der Waals surface area contributed by atoms with Crippen LogP contribution in [0.15, 0.2) is 36.4 Å². The minimum atomic E-state index is -4.63. The molecule has 0 aliphatic carbocycles. The van der Waals surface area contributed by atoms with Gasteiger partial charge in [-0.05, 0) is 48.7 Å². The Hall–Kier alpha value is -3.70. The summed E-state index contributed by atoms with van der Waals surface area (Å²) in [7, 11) is 0. The van der Waals surface area contributed by atoms with Crippen molar-refractivity contribution in [2.24, 2.45) is 0 Å². The van der Waals surface area contributed by atoms with Gasteiger partial charge in [0.05, 0.1) is 5.56 Å². The third kappa shape index (κ3) is 5.74. The number of carbonyl (C=O) groups is 3. The van der Waals surface area contributed by atoms with E-state index < -0.39 is 47.4 Å². The van der Waals surface area contributed by atoms with E-state index in [4.69, 9.17) is 0 Å². The Labute approximate surface area is 203 Å². The van der Waals surface area contributed by atoms with E-state index in [0.29, 0.717) is 42.7 Å². The SMILES string of the molecule is O=C(NCC(F)(F)F)c1cc(CNC(=O)N2CCC3(CC2)CC(=O)c2cc(F)ccc2N3)ccc1F. The van der Waals surface area contributed by atoms with Gasteiger partial charge < -0.3 is 20.9 Å². The fraction of sp³-hybridized carbons (Fsp3) is 0.375. The number of fused-ring (bicyclic) bond motifs is 1. The van der Waals surface area contributed by atoms with Crippen molar-refractivity contribution < 1.29 is 36.3 Å². The molecule has 2 aromatic rings. The number of hydrogen-bond donors (Lipinski definition) is 3. The molecule has 3 N–H and O–H groups in total. The van der Waals surface area contributed by atoms with Crippen LogP contribution < -0.4 is 16.0 Å². The molecule has 0 radical (unpaired) electrons. The average Bonchev–Trinajstić information content (AvgIpc) is 2.82. The van der Waals surface area contributed by atoms with Gasteiger partial charge in [0.1, 0.15) is 18.2 Å². The summed E-state index contributed by atoms with van der Waals surface area (Å²) in [6.07, 6.45) is -3.47. The summed E-state index contributed by atoms with van der Waals surface area (Å²) in [6.45, 7) is -0.976. The maximum absolute atomic E-state index is 14.0. The summed E-state index contributed by atoms with van der Waals surface area (Å²) in [5.41, 5.74) is 0.121.